The van der Waals surface area contributed by atoms with Gasteiger partial charge in [0, 0.05) is 11.8 Å². The van der Waals surface area contributed by atoms with E-state index in [4.69, 9.17) is 4.74 Å². The van der Waals surface area contributed by atoms with Crippen molar-refractivity contribution in [3.63, 3.8) is 0 Å². The molecule has 0 spiro atoms. The van der Waals surface area contributed by atoms with E-state index in [1.165, 1.54) is 30.3 Å². The number of benzene rings is 2. The predicted octanol–water partition coefficient (Wildman–Crippen LogP) is 4.70. The van der Waals surface area contributed by atoms with Crippen LogP contribution in [0.15, 0.2) is 42.5 Å². The summed E-state index contributed by atoms with van der Waals surface area (Å²) < 4.78 is 44.9. The van der Waals surface area contributed by atoms with Crippen LogP contribution >= 0.6 is 0 Å². The average molecular weight is 363 g/mol. The number of hydrogen-bond donors (Lipinski definition) is 1. The van der Waals surface area contributed by atoms with Gasteiger partial charge in [-0.05, 0) is 38.1 Å². The van der Waals surface area contributed by atoms with Gasteiger partial charge >= 0.3 is 6.18 Å². The molecule has 0 bridgehead atoms. The minimum absolute atomic E-state index is 0.0865. The normalized spacial score (nSPS) is 15.8. The van der Waals surface area contributed by atoms with E-state index >= 15 is 0 Å². The van der Waals surface area contributed by atoms with E-state index in [0.717, 1.165) is 12.1 Å². The molecule has 26 heavy (non-hydrogen) atoms. The van der Waals surface area contributed by atoms with Crippen LogP contribution in [0.4, 0.5) is 18.9 Å². The highest BCUT2D eigenvalue weighted by Gasteiger charge is 2.35. The molecular weight excluding hydrogens is 347 g/mol. The lowest BCUT2D eigenvalue weighted by Crippen LogP contribution is -2.35. The monoisotopic (exact) mass is 363 g/mol. The topological polar surface area (TPSA) is 55.4 Å². The first-order valence-electron chi connectivity index (χ1n) is 7.91. The fourth-order valence-corrected chi connectivity index (χ4v) is 2.86. The van der Waals surface area contributed by atoms with Crippen molar-refractivity contribution in [1.82, 2.24) is 0 Å². The van der Waals surface area contributed by atoms with Crippen LogP contribution < -0.4 is 10.1 Å². The maximum atomic E-state index is 13.1. The largest absolute Gasteiger partial charge is 0.487 e. The van der Waals surface area contributed by atoms with Crippen molar-refractivity contribution in [2.75, 3.05) is 5.32 Å². The summed E-state index contributed by atoms with van der Waals surface area (Å²) in [6, 6.07) is 8.96. The number of rotatable bonds is 2. The number of Topliss-reactive ketones (excluding diaryl/α,β-unsaturated/α-hetero) is 1. The molecule has 0 aromatic heterocycles. The van der Waals surface area contributed by atoms with E-state index in [9.17, 15) is 22.8 Å². The number of alkyl halides is 3. The maximum Gasteiger partial charge on any atom is 0.417 e. The van der Waals surface area contributed by atoms with E-state index < -0.39 is 28.8 Å². The molecule has 0 aliphatic carbocycles. The highest BCUT2D eigenvalue weighted by atomic mass is 19.4. The number of amides is 1. The summed E-state index contributed by atoms with van der Waals surface area (Å²) in [4.78, 5) is 24.4. The average Bonchev–Trinajstić information content (AvgIpc) is 2.52. The molecule has 0 radical (unpaired) electrons. The lowest BCUT2D eigenvalue weighted by atomic mass is 9.93. The zero-order valence-corrected chi connectivity index (χ0v) is 14.1. The predicted molar refractivity (Wildman–Crippen MR) is 89.5 cm³/mol. The molecule has 2 aromatic carbocycles. The Balaban J connectivity index is 1.89. The van der Waals surface area contributed by atoms with Crippen LogP contribution in [-0.2, 0) is 6.18 Å². The van der Waals surface area contributed by atoms with Gasteiger partial charge in [-0.2, -0.15) is 13.2 Å². The summed E-state index contributed by atoms with van der Waals surface area (Å²) in [7, 11) is 0. The van der Waals surface area contributed by atoms with E-state index in [1.54, 1.807) is 13.8 Å². The van der Waals surface area contributed by atoms with Crippen LogP contribution in [0.1, 0.15) is 46.5 Å². The fourth-order valence-electron chi connectivity index (χ4n) is 2.86. The first-order valence-corrected chi connectivity index (χ1v) is 7.91. The van der Waals surface area contributed by atoms with Gasteiger partial charge in [0.15, 0.2) is 5.78 Å². The molecule has 1 aliphatic heterocycles. The Morgan fingerprint density at radius 3 is 2.54 bits per heavy atom. The molecule has 0 unspecified atom stereocenters. The van der Waals surface area contributed by atoms with Crippen molar-refractivity contribution in [1.29, 1.82) is 0 Å². The number of ketones is 1. The van der Waals surface area contributed by atoms with Crippen molar-refractivity contribution < 1.29 is 27.5 Å². The summed E-state index contributed by atoms with van der Waals surface area (Å²) in [6.07, 6.45) is -4.41. The second-order valence-electron chi connectivity index (χ2n) is 6.67. The van der Waals surface area contributed by atoms with Gasteiger partial charge in [0.2, 0.25) is 0 Å². The lowest BCUT2D eigenvalue weighted by molar-refractivity contribution is -0.137. The number of ether oxygens (including phenoxy) is 1. The maximum absolute atomic E-state index is 13.1. The number of anilines is 1. The number of halogens is 3. The molecular formula is C19H16F3NO3. The van der Waals surface area contributed by atoms with Crippen molar-refractivity contribution >= 4 is 17.4 Å². The van der Waals surface area contributed by atoms with Gasteiger partial charge in [0.1, 0.15) is 11.4 Å². The first-order chi connectivity index (χ1) is 12.1. The van der Waals surface area contributed by atoms with Crippen LogP contribution in [0.3, 0.4) is 0 Å². The molecule has 3 rings (SSSR count). The summed E-state index contributed by atoms with van der Waals surface area (Å²) in [5, 5.41) is 2.43. The van der Waals surface area contributed by atoms with E-state index in [-0.39, 0.29) is 17.9 Å². The molecule has 4 nitrogen and oxygen atoms in total. The third-order valence-electron chi connectivity index (χ3n) is 3.99. The SMILES string of the molecule is CC1(C)CC(=O)c2ccc(NC(=O)c3ccccc3C(F)(F)F)cc2O1. The molecule has 136 valence electrons. The van der Waals surface area contributed by atoms with Gasteiger partial charge in [-0.25, -0.2) is 0 Å². The molecule has 1 N–H and O–H groups in total. The quantitative estimate of drug-likeness (QED) is 0.841. The summed E-state index contributed by atoms with van der Waals surface area (Å²) in [6.45, 7) is 3.53. The van der Waals surface area contributed by atoms with Crippen LogP contribution in [0, 0.1) is 0 Å². The number of carbonyl (C=O) groups is 2. The highest BCUT2D eigenvalue weighted by Crippen LogP contribution is 2.35. The second kappa shape index (κ2) is 6.16. The van der Waals surface area contributed by atoms with E-state index in [2.05, 4.69) is 5.32 Å². The summed E-state index contributed by atoms with van der Waals surface area (Å²) >= 11 is 0. The Hall–Kier alpha value is -2.83. The molecule has 0 saturated carbocycles. The molecule has 1 aliphatic rings. The zero-order chi connectivity index (χ0) is 19.1. The van der Waals surface area contributed by atoms with Gasteiger partial charge in [-0.1, -0.05) is 12.1 Å². The van der Waals surface area contributed by atoms with Crippen LogP contribution in [0.2, 0.25) is 0 Å². The molecule has 7 heteroatoms. The van der Waals surface area contributed by atoms with Gasteiger partial charge in [0.05, 0.1) is 23.1 Å². The van der Waals surface area contributed by atoms with Crippen molar-refractivity contribution in [3.8, 4) is 5.75 Å². The van der Waals surface area contributed by atoms with Gasteiger partial charge in [-0.15, -0.1) is 0 Å². The van der Waals surface area contributed by atoms with E-state index in [1.807, 2.05) is 0 Å². The Morgan fingerprint density at radius 1 is 1.15 bits per heavy atom. The van der Waals surface area contributed by atoms with Crippen LogP contribution in [0.25, 0.3) is 0 Å². The Bertz CT molecular complexity index is 888. The number of fused-ring (bicyclic) bond motifs is 1. The second-order valence-corrected chi connectivity index (χ2v) is 6.67. The van der Waals surface area contributed by atoms with Crippen LogP contribution in [-0.4, -0.2) is 17.3 Å². The van der Waals surface area contributed by atoms with Gasteiger partial charge in [0.25, 0.3) is 5.91 Å². The standard InChI is InChI=1S/C19H16F3NO3/c1-18(2)10-15(24)13-8-7-11(9-16(13)26-18)23-17(25)12-5-3-4-6-14(12)19(20,21)22/h3-9H,10H2,1-2H3,(H,23,25). The Labute approximate surface area is 148 Å². The van der Waals surface area contributed by atoms with Crippen molar-refractivity contribution in [3.05, 3.63) is 59.2 Å². The third kappa shape index (κ3) is 3.56. The number of carbonyl (C=O) groups excluding carboxylic acids is 2. The number of hydrogen-bond acceptors (Lipinski definition) is 3. The third-order valence-corrected chi connectivity index (χ3v) is 3.99. The zero-order valence-electron chi connectivity index (χ0n) is 14.1. The molecule has 0 atom stereocenters. The first kappa shape index (κ1) is 18.0. The van der Waals surface area contributed by atoms with E-state index in [0.29, 0.717) is 11.3 Å². The highest BCUT2D eigenvalue weighted by molar-refractivity contribution is 6.06. The smallest absolute Gasteiger partial charge is 0.417 e. The Morgan fingerprint density at radius 2 is 1.85 bits per heavy atom. The molecule has 0 saturated heterocycles. The van der Waals surface area contributed by atoms with Gasteiger partial charge in [-0.3, -0.25) is 9.59 Å². The van der Waals surface area contributed by atoms with Crippen LogP contribution in [0.5, 0.6) is 5.75 Å². The van der Waals surface area contributed by atoms with Gasteiger partial charge < -0.3 is 10.1 Å². The minimum Gasteiger partial charge on any atom is -0.487 e. The van der Waals surface area contributed by atoms with Crippen molar-refractivity contribution in [2.45, 2.75) is 32.0 Å². The molecule has 1 amide bonds. The lowest BCUT2D eigenvalue weighted by Gasteiger charge is -2.31. The van der Waals surface area contributed by atoms with Crippen molar-refractivity contribution in [2.24, 2.45) is 0 Å². The number of nitrogens with one attached hydrogen (secondary N) is 1. The Kier molecular flexibility index (Phi) is 4.26. The summed E-state index contributed by atoms with van der Waals surface area (Å²) in [5.41, 5.74) is -1.54. The minimum atomic E-state index is -4.64. The summed E-state index contributed by atoms with van der Waals surface area (Å²) in [5.74, 6) is -0.677. The fraction of sp³-hybridized carbons (Fsp3) is 0.263. The molecule has 0 fully saturated rings. The molecule has 1 heterocycles. The molecule has 2 aromatic rings.